The number of rotatable bonds is 6. The molecule has 3 aromatic carbocycles. The third kappa shape index (κ3) is 4.53. The third-order valence-electron chi connectivity index (χ3n) is 5.25. The van der Waals surface area contributed by atoms with Gasteiger partial charge in [-0.1, -0.05) is 76.6 Å². The number of amides is 1. The molecule has 1 amide bonds. The molecule has 0 spiro atoms. The molecule has 2 N–H and O–H groups in total. The number of carbonyl (C=O) groups excluding carboxylic acids is 1. The van der Waals surface area contributed by atoms with Crippen molar-refractivity contribution in [3.05, 3.63) is 100 Å². The van der Waals surface area contributed by atoms with E-state index in [0.717, 1.165) is 21.1 Å². The number of anilines is 2. The molecule has 2 heterocycles. The summed E-state index contributed by atoms with van der Waals surface area (Å²) in [4.78, 5) is 26.9. The lowest BCUT2D eigenvalue weighted by Crippen LogP contribution is -2.25. The van der Waals surface area contributed by atoms with Crippen molar-refractivity contribution in [2.45, 2.75) is 13.5 Å². The Bertz CT molecular complexity index is 1450. The van der Waals surface area contributed by atoms with E-state index >= 15 is 0 Å². The Hall–Kier alpha value is -4.04. The predicted molar refractivity (Wildman–Crippen MR) is 135 cm³/mol. The molecule has 0 unspecified atom stereocenters. The first kappa shape index (κ1) is 21.8. The first-order valence-electron chi connectivity index (χ1n) is 10.7. The highest BCUT2D eigenvalue weighted by atomic mass is 79.9. The normalized spacial score (nSPS) is 10.9. The lowest BCUT2D eigenvalue weighted by atomic mass is 10.0. The van der Waals surface area contributed by atoms with E-state index < -0.39 is 0 Å². The number of nitrogens with zero attached hydrogens (tertiary/aromatic N) is 3. The van der Waals surface area contributed by atoms with Gasteiger partial charge in [-0.3, -0.25) is 10.1 Å². The SMILES string of the molecule is Cc1nc(Nc2nc3ccccc3o2)nc(-c2ccccc2Br)c1C(=O)NCc1ccccc1. The van der Waals surface area contributed by atoms with E-state index in [0.29, 0.717) is 29.1 Å². The van der Waals surface area contributed by atoms with Crippen LogP contribution in [-0.2, 0) is 6.54 Å². The molecule has 0 aliphatic heterocycles. The van der Waals surface area contributed by atoms with E-state index in [9.17, 15) is 4.79 Å². The monoisotopic (exact) mass is 513 g/mol. The van der Waals surface area contributed by atoms with Gasteiger partial charge in [-0.25, -0.2) is 9.97 Å². The van der Waals surface area contributed by atoms with Gasteiger partial charge in [0, 0.05) is 16.6 Å². The number of aromatic nitrogens is 3. The van der Waals surface area contributed by atoms with Crippen LogP contribution in [0.3, 0.4) is 0 Å². The molecule has 0 fully saturated rings. The zero-order chi connectivity index (χ0) is 23.5. The molecule has 0 aliphatic rings. The van der Waals surface area contributed by atoms with Gasteiger partial charge in [-0.15, -0.1) is 0 Å². The third-order valence-corrected chi connectivity index (χ3v) is 5.95. The molecule has 0 radical (unpaired) electrons. The molecule has 8 heteroatoms. The Morgan fingerprint density at radius 2 is 1.65 bits per heavy atom. The highest BCUT2D eigenvalue weighted by Crippen LogP contribution is 2.32. The zero-order valence-electron chi connectivity index (χ0n) is 18.2. The van der Waals surface area contributed by atoms with Crippen molar-refractivity contribution in [1.82, 2.24) is 20.3 Å². The number of benzene rings is 3. The summed E-state index contributed by atoms with van der Waals surface area (Å²) in [5.74, 6) is 0.0370. The Morgan fingerprint density at radius 3 is 2.44 bits per heavy atom. The lowest BCUT2D eigenvalue weighted by molar-refractivity contribution is 0.0950. The molecule has 0 atom stereocenters. The van der Waals surface area contributed by atoms with Gasteiger partial charge < -0.3 is 9.73 Å². The van der Waals surface area contributed by atoms with Gasteiger partial charge in [-0.05, 0) is 30.7 Å². The van der Waals surface area contributed by atoms with E-state index in [1.807, 2.05) is 78.9 Å². The summed E-state index contributed by atoms with van der Waals surface area (Å²) in [7, 11) is 0. The van der Waals surface area contributed by atoms with Gasteiger partial charge in [0.05, 0.1) is 17.0 Å². The number of nitrogens with one attached hydrogen (secondary N) is 2. The summed E-state index contributed by atoms with van der Waals surface area (Å²) in [6.07, 6.45) is 0. The summed E-state index contributed by atoms with van der Waals surface area (Å²) in [6, 6.07) is 25.1. The van der Waals surface area contributed by atoms with E-state index in [2.05, 4.69) is 36.5 Å². The van der Waals surface area contributed by atoms with Gasteiger partial charge in [0.25, 0.3) is 5.91 Å². The number of hydrogen-bond acceptors (Lipinski definition) is 6. The van der Waals surface area contributed by atoms with Crippen molar-refractivity contribution >= 4 is 44.9 Å². The molecule has 168 valence electrons. The van der Waals surface area contributed by atoms with Crippen molar-refractivity contribution in [3.8, 4) is 11.3 Å². The number of para-hydroxylation sites is 2. The van der Waals surface area contributed by atoms with E-state index in [4.69, 9.17) is 9.40 Å². The number of carbonyl (C=O) groups is 1. The maximum absolute atomic E-state index is 13.3. The smallest absolute Gasteiger partial charge is 0.302 e. The van der Waals surface area contributed by atoms with Crippen molar-refractivity contribution in [1.29, 1.82) is 0 Å². The summed E-state index contributed by atoms with van der Waals surface area (Å²) in [5, 5.41) is 6.03. The number of hydrogen-bond donors (Lipinski definition) is 2. The largest absolute Gasteiger partial charge is 0.423 e. The molecule has 34 heavy (non-hydrogen) atoms. The predicted octanol–water partition coefficient (Wildman–Crippen LogP) is 6.03. The van der Waals surface area contributed by atoms with Gasteiger partial charge in [0.15, 0.2) is 5.58 Å². The number of aryl methyl sites for hydroxylation is 1. The summed E-state index contributed by atoms with van der Waals surface area (Å²) in [6.45, 7) is 2.19. The topological polar surface area (TPSA) is 92.9 Å². The van der Waals surface area contributed by atoms with Crippen molar-refractivity contribution in [3.63, 3.8) is 0 Å². The fourth-order valence-corrected chi connectivity index (χ4v) is 4.11. The van der Waals surface area contributed by atoms with Crippen molar-refractivity contribution in [2.75, 3.05) is 5.32 Å². The number of oxazole rings is 1. The minimum atomic E-state index is -0.250. The van der Waals surface area contributed by atoms with Gasteiger partial charge in [-0.2, -0.15) is 4.98 Å². The average molecular weight is 514 g/mol. The Balaban J connectivity index is 1.52. The molecule has 0 aliphatic carbocycles. The molecule has 2 aromatic heterocycles. The quantitative estimate of drug-likeness (QED) is 0.288. The van der Waals surface area contributed by atoms with Gasteiger partial charge in [0.1, 0.15) is 5.52 Å². The minimum absolute atomic E-state index is 0.250. The van der Waals surface area contributed by atoms with Crippen LogP contribution in [0.15, 0.2) is 87.8 Å². The van der Waals surface area contributed by atoms with Crippen LogP contribution in [0.25, 0.3) is 22.4 Å². The minimum Gasteiger partial charge on any atom is -0.423 e. The first-order valence-corrected chi connectivity index (χ1v) is 11.5. The fourth-order valence-electron chi connectivity index (χ4n) is 3.64. The highest BCUT2D eigenvalue weighted by Gasteiger charge is 2.22. The van der Waals surface area contributed by atoms with Crippen molar-refractivity contribution < 1.29 is 9.21 Å². The van der Waals surface area contributed by atoms with Gasteiger partial charge in [0.2, 0.25) is 5.95 Å². The number of halogens is 1. The maximum Gasteiger partial charge on any atom is 0.302 e. The van der Waals surface area contributed by atoms with Crippen LogP contribution < -0.4 is 10.6 Å². The molecule has 7 nitrogen and oxygen atoms in total. The molecular formula is C26H20BrN5O2. The molecule has 0 bridgehead atoms. The Labute approximate surface area is 204 Å². The summed E-state index contributed by atoms with van der Waals surface area (Å²) >= 11 is 3.59. The molecule has 0 saturated carbocycles. The van der Waals surface area contributed by atoms with Crippen LogP contribution in [-0.4, -0.2) is 20.9 Å². The average Bonchev–Trinajstić information content (AvgIpc) is 3.25. The Morgan fingerprint density at radius 1 is 0.912 bits per heavy atom. The Kier molecular flexibility index (Phi) is 6.05. The van der Waals surface area contributed by atoms with Gasteiger partial charge >= 0.3 is 6.01 Å². The van der Waals surface area contributed by atoms with Crippen LogP contribution in [0.5, 0.6) is 0 Å². The van der Waals surface area contributed by atoms with Crippen LogP contribution in [0.2, 0.25) is 0 Å². The van der Waals surface area contributed by atoms with E-state index in [-0.39, 0.29) is 17.9 Å². The molecule has 0 saturated heterocycles. The van der Waals surface area contributed by atoms with E-state index in [1.54, 1.807) is 6.92 Å². The molecule has 5 aromatic rings. The van der Waals surface area contributed by atoms with Crippen LogP contribution in [0.1, 0.15) is 21.6 Å². The maximum atomic E-state index is 13.3. The second-order valence-corrected chi connectivity index (χ2v) is 8.47. The second-order valence-electron chi connectivity index (χ2n) is 7.62. The van der Waals surface area contributed by atoms with E-state index in [1.165, 1.54) is 0 Å². The second kappa shape index (κ2) is 9.44. The van der Waals surface area contributed by atoms with Crippen LogP contribution >= 0.6 is 15.9 Å². The number of fused-ring (bicyclic) bond motifs is 1. The fraction of sp³-hybridized carbons (Fsp3) is 0.0769. The summed E-state index contributed by atoms with van der Waals surface area (Å²) in [5.41, 5.74) is 4.61. The standard InChI is InChI=1S/C26H20BrN5O2/c1-16-22(24(33)28-15-17-9-3-2-4-10-17)23(18-11-5-6-12-19(18)27)31-25(29-16)32-26-30-20-13-7-8-14-21(20)34-26/h2-14H,15H2,1H3,(H,28,33)(H,29,30,31,32). The van der Waals surface area contributed by atoms with Crippen LogP contribution in [0, 0.1) is 6.92 Å². The lowest BCUT2D eigenvalue weighted by Gasteiger charge is -2.15. The molecule has 5 rings (SSSR count). The van der Waals surface area contributed by atoms with Crippen molar-refractivity contribution in [2.24, 2.45) is 0 Å². The van der Waals surface area contributed by atoms with Crippen LogP contribution in [0.4, 0.5) is 12.0 Å². The molecular weight excluding hydrogens is 494 g/mol. The summed E-state index contributed by atoms with van der Waals surface area (Å²) < 4.78 is 6.57. The highest BCUT2D eigenvalue weighted by molar-refractivity contribution is 9.10. The first-order chi connectivity index (χ1) is 16.6. The zero-order valence-corrected chi connectivity index (χ0v) is 19.8.